The van der Waals surface area contributed by atoms with Crippen LogP contribution in [0.1, 0.15) is 28.9 Å². The van der Waals surface area contributed by atoms with Crippen molar-refractivity contribution in [3.63, 3.8) is 0 Å². The van der Waals surface area contributed by atoms with Gasteiger partial charge in [-0.05, 0) is 49.2 Å². The number of aromatic nitrogens is 1. The second-order valence-electron chi connectivity index (χ2n) is 7.22. The van der Waals surface area contributed by atoms with Gasteiger partial charge in [-0.25, -0.2) is 4.98 Å². The maximum Gasteiger partial charge on any atom is 0.251 e. The Balaban J connectivity index is 1.34. The van der Waals surface area contributed by atoms with Gasteiger partial charge in [0, 0.05) is 30.1 Å². The Bertz CT molecular complexity index is 960. The van der Waals surface area contributed by atoms with E-state index in [1.165, 1.54) is 0 Å². The summed E-state index contributed by atoms with van der Waals surface area (Å²) in [4.78, 5) is 19.2. The molecule has 0 bridgehead atoms. The summed E-state index contributed by atoms with van der Waals surface area (Å²) in [7, 11) is 1.69. The Morgan fingerprint density at radius 1 is 1.23 bits per heavy atom. The summed E-state index contributed by atoms with van der Waals surface area (Å²) in [5, 5.41) is 5.13. The number of anilines is 1. The third-order valence-electron chi connectivity index (χ3n) is 5.17. The standard InChI is InChI=1S/C23H25N3O3S/c1-28-22-7-3-2-6-21(22)26-12-4-5-18(13-26)25-23(27)17-8-10-20(11-9-17)29-14-19-15-30-16-24-19/h2-3,6-11,15-16,18H,4-5,12-14H2,1H3,(H,25,27). The first kappa shape index (κ1) is 20.2. The SMILES string of the molecule is COc1ccccc1N1CCCC(NC(=O)c2ccc(OCc3cscn3)cc2)C1. The summed E-state index contributed by atoms with van der Waals surface area (Å²) in [6.07, 6.45) is 1.98. The number of hydrogen-bond acceptors (Lipinski definition) is 6. The molecule has 1 aliphatic rings. The molecule has 1 aliphatic heterocycles. The summed E-state index contributed by atoms with van der Waals surface area (Å²) in [6.45, 7) is 2.15. The lowest BCUT2D eigenvalue weighted by atomic mass is 10.0. The molecule has 156 valence electrons. The van der Waals surface area contributed by atoms with Gasteiger partial charge in [0.2, 0.25) is 0 Å². The zero-order valence-electron chi connectivity index (χ0n) is 16.9. The molecule has 1 atom stereocenters. The Kier molecular flexibility index (Phi) is 6.49. The van der Waals surface area contributed by atoms with Gasteiger partial charge in [0.25, 0.3) is 5.91 Å². The van der Waals surface area contributed by atoms with Crippen LogP contribution in [0.2, 0.25) is 0 Å². The number of nitrogens with zero attached hydrogens (tertiary/aromatic N) is 2. The van der Waals surface area contributed by atoms with Crippen molar-refractivity contribution in [2.24, 2.45) is 0 Å². The smallest absolute Gasteiger partial charge is 0.251 e. The highest BCUT2D eigenvalue weighted by molar-refractivity contribution is 7.07. The van der Waals surface area contributed by atoms with E-state index in [0.29, 0.717) is 12.2 Å². The van der Waals surface area contributed by atoms with E-state index in [0.717, 1.165) is 48.8 Å². The molecule has 2 heterocycles. The zero-order chi connectivity index (χ0) is 20.8. The van der Waals surface area contributed by atoms with Crippen LogP contribution in [0.3, 0.4) is 0 Å². The summed E-state index contributed by atoms with van der Waals surface area (Å²) in [6, 6.07) is 15.3. The average Bonchev–Trinajstić information content (AvgIpc) is 3.32. The van der Waals surface area contributed by atoms with Crippen molar-refractivity contribution in [3.05, 3.63) is 70.7 Å². The van der Waals surface area contributed by atoms with Crippen molar-refractivity contribution in [2.45, 2.75) is 25.5 Å². The molecule has 7 heteroatoms. The van der Waals surface area contributed by atoms with Crippen molar-refractivity contribution in [1.82, 2.24) is 10.3 Å². The molecule has 1 fully saturated rings. The maximum absolute atomic E-state index is 12.7. The number of ether oxygens (including phenoxy) is 2. The highest BCUT2D eigenvalue weighted by atomic mass is 32.1. The number of carbonyl (C=O) groups is 1. The Morgan fingerprint density at radius 2 is 2.07 bits per heavy atom. The molecular weight excluding hydrogens is 398 g/mol. The van der Waals surface area contributed by atoms with Gasteiger partial charge in [-0.1, -0.05) is 12.1 Å². The molecule has 1 saturated heterocycles. The average molecular weight is 424 g/mol. The number of amides is 1. The number of piperidine rings is 1. The monoisotopic (exact) mass is 423 g/mol. The van der Waals surface area contributed by atoms with Crippen LogP contribution in [-0.2, 0) is 6.61 Å². The minimum Gasteiger partial charge on any atom is -0.495 e. The normalized spacial score (nSPS) is 16.2. The number of hydrogen-bond donors (Lipinski definition) is 1. The fraction of sp³-hybridized carbons (Fsp3) is 0.304. The van der Waals surface area contributed by atoms with Gasteiger partial charge in [-0.3, -0.25) is 4.79 Å². The molecule has 2 aromatic carbocycles. The minimum absolute atomic E-state index is 0.0621. The molecule has 4 rings (SSSR count). The van der Waals surface area contributed by atoms with Gasteiger partial charge < -0.3 is 19.7 Å². The predicted octanol–water partition coefficient (Wildman–Crippen LogP) is 4.13. The molecule has 0 aliphatic carbocycles. The molecular formula is C23H25N3O3S. The number of para-hydroxylation sites is 2. The van der Waals surface area contributed by atoms with Gasteiger partial charge in [0.1, 0.15) is 18.1 Å². The number of nitrogens with one attached hydrogen (secondary N) is 1. The fourth-order valence-corrected chi connectivity index (χ4v) is 4.19. The molecule has 30 heavy (non-hydrogen) atoms. The van der Waals surface area contributed by atoms with Gasteiger partial charge >= 0.3 is 0 Å². The third-order valence-corrected chi connectivity index (χ3v) is 5.80. The molecule has 3 aromatic rings. The lowest BCUT2D eigenvalue weighted by molar-refractivity contribution is 0.0933. The summed E-state index contributed by atoms with van der Waals surface area (Å²) < 4.78 is 11.2. The van der Waals surface area contributed by atoms with Crippen LogP contribution < -0.4 is 19.7 Å². The maximum atomic E-state index is 12.7. The zero-order valence-corrected chi connectivity index (χ0v) is 17.7. The number of benzene rings is 2. The Morgan fingerprint density at radius 3 is 2.83 bits per heavy atom. The first-order chi connectivity index (χ1) is 14.7. The summed E-state index contributed by atoms with van der Waals surface area (Å²) in [5.41, 5.74) is 4.39. The van der Waals surface area contributed by atoms with E-state index in [2.05, 4.69) is 21.3 Å². The summed E-state index contributed by atoms with van der Waals surface area (Å²) >= 11 is 1.54. The molecule has 0 radical (unpaired) electrons. The van der Waals surface area contributed by atoms with Crippen LogP contribution in [0.25, 0.3) is 0 Å². The number of rotatable bonds is 7. The van der Waals surface area contributed by atoms with Crippen LogP contribution in [0.15, 0.2) is 59.4 Å². The van der Waals surface area contributed by atoms with Crippen LogP contribution in [-0.4, -0.2) is 37.1 Å². The molecule has 0 spiro atoms. The summed E-state index contributed by atoms with van der Waals surface area (Å²) in [5.74, 6) is 1.52. The first-order valence-electron chi connectivity index (χ1n) is 10.0. The highest BCUT2D eigenvalue weighted by Crippen LogP contribution is 2.30. The molecule has 1 aromatic heterocycles. The Hall–Kier alpha value is -3.06. The van der Waals surface area contributed by atoms with Gasteiger partial charge in [-0.15, -0.1) is 11.3 Å². The first-order valence-corrected chi connectivity index (χ1v) is 11.0. The van der Waals surface area contributed by atoms with E-state index in [9.17, 15) is 4.79 Å². The van der Waals surface area contributed by atoms with E-state index < -0.39 is 0 Å². The quantitative estimate of drug-likeness (QED) is 0.619. The topological polar surface area (TPSA) is 63.7 Å². The second kappa shape index (κ2) is 9.63. The van der Waals surface area contributed by atoms with Crippen molar-refractivity contribution in [2.75, 3.05) is 25.1 Å². The van der Waals surface area contributed by atoms with Crippen molar-refractivity contribution >= 4 is 22.9 Å². The molecule has 0 saturated carbocycles. The second-order valence-corrected chi connectivity index (χ2v) is 7.94. The number of methoxy groups -OCH3 is 1. The van der Waals surface area contributed by atoms with Crippen molar-refractivity contribution < 1.29 is 14.3 Å². The number of thiazole rings is 1. The van der Waals surface area contributed by atoms with Crippen molar-refractivity contribution in [3.8, 4) is 11.5 Å². The molecule has 6 nitrogen and oxygen atoms in total. The van der Waals surface area contributed by atoms with E-state index in [1.54, 1.807) is 36.1 Å². The van der Waals surface area contributed by atoms with Crippen LogP contribution in [0.5, 0.6) is 11.5 Å². The van der Waals surface area contributed by atoms with Crippen LogP contribution in [0, 0.1) is 0 Å². The lowest BCUT2D eigenvalue weighted by Crippen LogP contribution is -2.47. The van der Waals surface area contributed by atoms with Crippen LogP contribution in [0.4, 0.5) is 5.69 Å². The van der Waals surface area contributed by atoms with Gasteiger partial charge in [0.15, 0.2) is 0 Å². The minimum atomic E-state index is -0.0621. The van der Waals surface area contributed by atoms with E-state index in [-0.39, 0.29) is 11.9 Å². The van der Waals surface area contributed by atoms with Crippen LogP contribution >= 0.6 is 11.3 Å². The Labute approximate surface area is 180 Å². The fourth-order valence-electron chi connectivity index (χ4n) is 3.64. The van der Waals surface area contributed by atoms with Gasteiger partial charge in [-0.2, -0.15) is 0 Å². The number of carbonyl (C=O) groups excluding carboxylic acids is 1. The molecule has 1 unspecified atom stereocenters. The van der Waals surface area contributed by atoms with E-state index in [1.807, 2.05) is 35.7 Å². The molecule has 1 amide bonds. The predicted molar refractivity (Wildman–Crippen MR) is 119 cm³/mol. The molecule has 1 N–H and O–H groups in total. The third kappa shape index (κ3) is 4.91. The largest absolute Gasteiger partial charge is 0.495 e. The van der Waals surface area contributed by atoms with E-state index >= 15 is 0 Å². The lowest BCUT2D eigenvalue weighted by Gasteiger charge is -2.35. The highest BCUT2D eigenvalue weighted by Gasteiger charge is 2.23. The van der Waals surface area contributed by atoms with Crippen molar-refractivity contribution in [1.29, 1.82) is 0 Å². The van der Waals surface area contributed by atoms with E-state index in [4.69, 9.17) is 9.47 Å². The van der Waals surface area contributed by atoms with Gasteiger partial charge in [0.05, 0.1) is 24.0 Å².